The minimum Gasteiger partial charge on any atom is -0.494 e. The first kappa shape index (κ1) is 28.8. The summed E-state index contributed by atoms with van der Waals surface area (Å²) >= 11 is 1.17. The van der Waals surface area contributed by atoms with E-state index in [2.05, 4.69) is 10.6 Å². The van der Waals surface area contributed by atoms with E-state index >= 15 is 0 Å². The zero-order valence-electron chi connectivity index (χ0n) is 21.7. The molecule has 0 spiro atoms. The molecular formula is C26H34N4O7S. The maximum Gasteiger partial charge on any atom is 0.408 e. The Morgan fingerprint density at radius 1 is 1.08 bits per heavy atom. The van der Waals surface area contributed by atoms with E-state index in [0.29, 0.717) is 10.6 Å². The van der Waals surface area contributed by atoms with E-state index in [4.69, 9.17) is 25.7 Å². The summed E-state index contributed by atoms with van der Waals surface area (Å²) in [5.41, 5.74) is 10.8. The lowest BCUT2D eigenvalue weighted by Gasteiger charge is -2.24. The molecule has 1 aliphatic rings. The lowest BCUT2D eigenvalue weighted by atomic mass is 10.1. The molecule has 6 N–H and O–H groups in total. The van der Waals surface area contributed by atoms with Crippen LogP contribution < -0.4 is 26.8 Å². The van der Waals surface area contributed by atoms with Crippen molar-refractivity contribution in [2.75, 3.05) is 11.9 Å². The Kier molecular flexibility index (Phi) is 9.56. The molecule has 0 aliphatic heterocycles. The van der Waals surface area contributed by atoms with Crippen molar-refractivity contribution in [2.24, 2.45) is 11.5 Å². The summed E-state index contributed by atoms with van der Waals surface area (Å²) in [4.78, 5) is 48.7. The van der Waals surface area contributed by atoms with E-state index in [9.17, 15) is 19.2 Å². The smallest absolute Gasteiger partial charge is 0.408 e. The summed E-state index contributed by atoms with van der Waals surface area (Å²) in [6.45, 7) is 5.36. The molecule has 1 atom stereocenters. The third kappa shape index (κ3) is 8.65. The number of benzene rings is 1. The van der Waals surface area contributed by atoms with Gasteiger partial charge in [0.25, 0.3) is 5.91 Å². The molecule has 206 valence electrons. The minimum atomic E-state index is -0.917. The van der Waals surface area contributed by atoms with Crippen LogP contribution >= 0.6 is 11.3 Å². The Labute approximate surface area is 225 Å². The van der Waals surface area contributed by atoms with Crippen molar-refractivity contribution >= 4 is 40.3 Å². The number of primary amides is 2. The van der Waals surface area contributed by atoms with Gasteiger partial charge in [0.15, 0.2) is 0 Å². The topological polar surface area (TPSA) is 172 Å². The first-order chi connectivity index (χ1) is 17.9. The first-order valence-corrected chi connectivity index (χ1v) is 13.2. The Balaban J connectivity index is 1.62. The van der Waals surface area contributed by atoms with Gasteiger partial charge >= 0.3 is 18.1 Å². The molecule has 1 saturated carbocycles. The summed E-state index contributed by atoms with van der Waals surface area (Å²) < 4.78 is 16.7. The lowest BCUT2D eigenvalue weighted by molar-refractivity contribution is -0.151. The van der Waals surface area contributed by atoms with Crippen LogP contribution in [0.3, 0.4) is 0 Å². The SMILES string of the molecule is CC(C)(C)OC(=O)N[C@H](CCOc1ccc(-c2cc(C(N)=O)c(NC(N)=O)s2)cc1)C(=O)OC1CCCC1. The number of hydrogen-bond acceptors (Lipinski definition) is 8. The summed E-state index contributed by atoms with van der Waals surface area (Å²) in [5, 5.41) is 5.28. The monoisotopic (exact) mass is 546 g/mol. The third-order valence-electron chi connectivity index (χ3n) is 5.61. The molecule has 11 nitrogen and oxygen atoms in total. The molecule has 0 bridgehead atoms. The van der Waals surface area contributed by atoms with Crippen LogP contribution in [-0.4, -0.2) is 48.4 Å². The molecule has 1 aromatic carbocycles. The Morgan fingerprint density at radius 2 is 1.74 bits per heavy atom. The van der Waals surface area contributed by atoms with Gasteiger partial charge < -0.3 is 31.0 Å². The van der Waals surface area contributed by atoms with E-state index in [-0.39, 0.29) is 29.7 Å². The predicted octanol–water partition coefficient (Wildman–Crippen LogP) is 4.15. The molecule has 1 aliphatic carbocycles. The standard InChI is InChI=1S/C26H34N4O7S/c1-26(2,3)37-25(34)29-19(23(32)36-17-6-4-5-7-17)12-13-35-16-10-8-15(9-11-16)20-14-18(21(27)31)22(38-20)30-24(28)33/h8-11,14,17,19H,4-7,12-13H2,1-3H3,(H2,27,31)(H,29,34)(H3,28,30,33)/t19-/m1/s1. The number of ether oxygens (including phenoxy) is 3. The van der Waals surface area contributed by atoms with Crippen LogP contribution in [-0.2, 0) is 14.3 Å². The molecule has 0 unspecified atom stereocenters. The van der Waals surface area contributed by atoms with Crippen molar-refractivity contribution in [2.45, 2.75) is 70.6 Å². The number of thiophene rings is 1. The van der Waals surface area contributed by atoms with E-state index in [1.807, 2.05) is 0 Å². The highest BCUT2D eigenvalue weighted by atomic mass is 32.1. The van der Waals surface area contributed by atoms with Crippen LogP contribution in [0, 0.1) is 0 Å². The van der Waals surface area contributed by atoms with Crippen molar-refractivity contribution in [3.63, 3.8) is 0 Å². The quantitative estimate of drug-likeness (QED) is 0.324. The number of carbonyl (C=O) groups is 4. The van der Waals surface area contributed by atoms with Crippen LogP contribution in [0.15, 0.2) is 30.3 Å². The maximum atomic E-state index is 12.8. The zero-order valence-corrected chi connectivity index (χ0v) is 22.5. The van der Waals surface area contributed by atoms with Gasteiger partial charge in [-0.15, -0.1) is 11.3 Å². The molecule has 1 heterocycles. The number of carbonyl (C=O) groups excluding carboxylic acids is 4. The normalized spacial score (nSPS) is 14.4. The maximum absolute atomic E-state index is 12.8. The molecule has 1 fully saturated rings. The number of alkyl carbamates (subject to hydrolysis) is 1. The highest BCUT2D eigenvalue weighted by molar-refractivity contribution is 7.20. The van der Waals surface area contributed by atoms with Gasteiger partial charge in [-0.3, -0.25) is 10.1 Å². The second-order valence-electron chi connectivity index (χ2n) is 9.91. The number of hydrogen-bond donors (Lipinski definition) is 4. The van der Waals surface area contributed by atoms with Crippen LogP contribution in [0.4, 0.5) is 14.6 Å². The molecule has 1 aromatic heterocycles. The Bertz CT molecular complexity index is 1150. The van der Waals surface area contributed by atoms with Crippen LogP contribution in [0.5, 0.6) is 5.75 Å². The number of nitrogens with two attached hydrogens (primary N) is 2. The molecule has 0 saturated heterocycles. The zero-order chi connectivity index (χ0) is 27.9. The molecule has 4 amide bonds. The molecule has 12 heteroatoms. The lowest BCUT2D eigenvalue weighted by Crippen LogP contribution is -2.45. The van der Waals surface area contributed by atoms with E-state index in [0.717, 1.165) is 31.2 Å². The van der Waals surface area contributed by atoms with E-state index < -0.39 is 35.6 Å². The van der Waals surface area contributed by atoms with Crippen molar-refractivity contribution in [1.29, 1.82) is 0 Å². The molecule has 2 aromatic rings. The number of rotatable bonds is 10. The Hall–Kier alpha value is -3.80. The highest BCUT2D eigenvalue weighted by Crippen LogP contribution is 2.36. The highest BCUT2D eigenvalue weighted by Gasteiger charge is 2.29. The van der Waals surface area contributed by atoms with Gasteiger partial charge in [0.2, 0.25) is 0 Å². The van der Waals surface area contributed by atoms with Gasteiger partial charge in [-0.1, -0.05) is 0 Å². The van der Waals surface area contributed by atoms with Crippen molar-refractivity contribution in [3.8, 4) is 16.2 Å². The minimum absolute atomic E-state index is 0.134. The first-order valence-electron chi connectivity index (χ1n) is 12.3. The molecule has 0 radical (unpaired) electrons. The molecule has 3 rings (SSSR count). The Morgan fingerprint density at radius 3 is 2.32 bits per heavy atom. The number of amides is 4. The van der Waals surface area contributed by atoms with Crippen molar-refractivity contribution in [3.05, 3.63) is 35.9 Å². The fourth-order valence-electron chi connectivity index (χ4n) is 3.88. The van der Waals surface area contributed by atoms with Gasteiger partial charge in [0.1, 0.15) is 28.5 Å². The number of esters is 1. The van der Waals surface area contributed by atoms with E-state index in [1.165, 1.54) is 11.3 Å². The second kappa shape index (κ2) is 12.6. The summed E-state index contributed by atoms with van der Waals surface area (Å²) in [6.07, 6.45) is 3.01. The van der Waals surface area contributed by atoms with E-state index in [1.54, 1.807) is 51.1 Å². The van der Waals surface area contributed by atoms with Crippen molar-refractivity contribution < 1.29 is 33.4 Å². The third-order valence-corrected chi connectivity index (χ3v) is 6.71. The van der Waals surface area contributed by atoms with Gasteiger partial charge in [0, 0.05) is 11.3 Å². The van der Waals surface area contributed by atoms with Crippen molar-refractivity contribution in [1.82, 2.24) is 5.32 Å². The average molecular weight is 547 g/mol. The molecule has 38 heavy (non-hydrogen) atoms. The second-order valence-corrected chi connectivity index (χ2v) is 11.0. The largest absolute Gasteiger partial charge is 0.494 e. The summed E-state index contributed by atoms with van der Waals surface area (Å²) in [5.74, 6) is -0.654. The van der Waals surface area contributed by atoms with Crippen LogP contribution in [0.1, 0.15) is 63.2 Å². The van der Waals surface area contributed by atoms with Gasteiger partial charge in [-0.25, -0.2) is 14.4 Å². The summed E-state index contributed by atoms with van der Waals surface area (Å²) in [6, 6.07) is 6.89. The average Bonchev–Trinajstić information content (AvgIpc) is 3.47. The molecular weight excluding hydrogens is 512 g/mol. The fraction of sp³-hybridized carbons (Fsp3) is 0.462. The van der Waals surface area contributed by atoms with Gasteiger partial charge in [0.05, 0.1) is 12.2 Å². The number of nitrogens with one attached hydrogen (secondary N) is 2. The number of anilines is 1. The predicted molar refractivity (Wildman–Crippen MR) is 143 cm³/mol. The van der Waals surface area contributed by atoms with Crippen LogP contribution in [0.2, 0.25) is 0 Å². The van der Waals surface area contributed by atoms with Gasteiger partial charge in [-0.05, 0) is 82.3 Å². The number of urea groups is 1. The summed E-state index contributed by atoms with van der Waals surface area (Å²) in [7, 11) is 0. The fourth-order valence-corrected chi connectivity index (χ4v) is 4.95. The van der Waals surface area contributed by atoms with Gasteiger partial charge in [-0.2, -0.15) is 0 Å². The van der Waals surface area contributed by atoms with Crippen LogP contribution in [0.25, 0.3) is 10.4 Å².